The number of methoxy groups -OCH3 is 1. The zero-order chi connectivity index (χ0) is 18.4. The second-order valence-electron chi connectivity index (χ2n) is 5.59. The molecule has 1 atom stereocenters. The molecule has 0 aromatic heterocycles. The fourth-order valence-corrected chi connectivity index (χ4v) is 2.52. The molecular weight excluding hydrogens is 322 g/mol. The van der Waals surface area contributed by atoms with E-state index in [0.717, 1.165) is 17.7 Å². The fourth-order valence-electron chi connectivity index (χ4n) is 2.52. The van der Waals surface area contributed by atoms with Gasteiger partial charge >= 0.3 is 6.03 Å². The normalized spacial score (nSPS) is 11.5. The summed E-state index contributed by atoms with van der Waals surface area (Å²) in [6.07, 6.45) is 0.721. The van der Waals surface area contributed by atoms with E-state index in [1.54, 1.807) is 20.1 Å². The van der Waals surface area contributed by atoms with Crippen molar-refractivity contribution >= 4 is 17.4 Å². The van der Waals surface area contributed by atoms with Crippen molar-refractivity contribution in [2.24, 2.45) is 0 Å². The standard InChI is InChI=1S/C18H21N3O4/c1-4-16(13-5-8-15(25-3)9-6-13)20-18(22)19-14-7-10-17(21(23)24)12(2)11-14/h5-11,16H,4H2,1-3H3,(H2,19,20,22). The van der Waals surface area contributed by atoms with Gasteiger partial charge < -0.3 is 15.4 Å². The highest BCUT2D eigenvalue weighted by molar-refractivity contribution is 5.89. The Morgan fingerprint density at radius 3 is 2.44 bits per heavy atom. The summed E-state index contributed by atoms with van der Waals surface area (Å²) >= 11 is 0. The van der Waals surface area contributed by atoms with Crippen LogP contribution in [0.3, 0.4) is 0 Å². The van der Waals surface area contributed by atoms with Crippen LogP contribution in [0.1, 0.15) is 30.5 Å². The lowest BCUT2D eigenvalue weighted by atomic mass is 10.0. The van der Waals surface area contributed by atoms with Crippen LogP contribution in [0.2, 0.25) is 0 Å². The molecule has 0 saturated heterocycles. The molecule has 2 rings (SSSR count). The first-order valence-electron chi connectivity index (χ1n) is 7.91. The Labute approximate surface area is 146 Å². The Hall–Kier alpha value is -3.09. The van der Waals surface area contributed by atoms with Crippen LogP contribution in [-0.2, 0) is 0 Å². The van der Waals surface area contributed by atoms with Crippen molar-refractivity contribution in [3.05, 3.63) is 63.7 Å². The number of hydrogen-bond acceptors (Lipinski definition) is 4. The van der Waals surface area contributed by atoms with E-state index in [-0.39, 0.29) is 17.8 Å². The molecule has 2 aromatic rings. The zero-order valence-electron chi connectivity index (χ0n) is 14.4. The Bertz CT molecular complexity index is 759. The van der Waals surface area contributed by atoms with Gasteiger partial charge in [-0.1, -0.05) is 19.1 Å². The molecule has 25 heavy (non-hydrogen) atoms. The van der Waals surface area contributed by atoms with E-state index < -0.39 is 4.92 Å². The van der Waals surface area contributed by atoms with Gasteiger partial charge in [-0.3, -0.25) is 10.1 Å². The number of anilines is 1. The molecule has 132 valence electrons. The number of nitrogens with one attached hydrogen (secondary N) is 2. The third-order valence-electron chi connectivity index (χ3n) is 3.88. The van der Waals surface area contributed by atoms with Crippen LogP contribution in [0.15, 0.2) is 42.5 Å². The molecule has 0 heterocycles. The SMILES string of the molecule is CCC(NC(=O)Nc1ccc([N+](=O)[O-])c(C)c1)c1ccc(OC)cc1. The van der Waals surface area contributed by atoms with Crippen LogP contribution in [0.5, 0.6) is 5.75 Å². The molecule has 0 aliphatic carbocycles. The molecule has 7 heteroatoms. The van der Waals surface area contributed by atoms with E-state index in [9.17, 15) is 14.9 Å². The van der Waals surface area contributed by atoms with E-state index in [1.807, 2.05) is 31.2 Å². The lowest BCUT2D eigenvalue weighted by Crippen LogP contribution is -2.32. The number of ether oxygens (including phenoxy) is 1. The minimum atomic E-state index is -0.448. The Morgan fingerprint density at radius 1 is 1.24 bits per heavy atom. The van der Waals surface area contributed by atoms with Crippen LogP contribution < -0.4 is 15.4 Å². The molecule has 2 aromatic carbocycles. The maximum absolute atomic E-state index is 12.2. The Balaban J connectivity index is 2.04. The average Bonchev–Trinajstić information content (AvgIpc) is 2.59. The summed E-state index contributed by atoms with van der Waals surface area (Å²) in [4.78, 5) is 22.6. The number of carbonyl (C=O) groups excluding carboxylic acids is 1. The van der Waals surface area contributed by atoms with Crippen LogP contribution >= 0.6 is 0 Å². The molecule has 0 fully saturated rings. The number of nitrogens with zero attached hydrogens (tertiary/aromatic N) is 1. The molecule has 0 radical (unpaired) electrons. The molecule has 0 aliphatic heterocycles. The Morgan fingerprint density at radius 2 is 1.92 bits per heavy atom. The second kappa shape index (κ2) is 8.14. The van der Waals surface area contributed by atoms with Gasteiger partial charge in [0.15, 0.2) is 0 Å². The van der Waals surface area contributed by atoms with E-state index >= 15 is 0 Å². The van der Waals surface area contributed by atoms with Crippen molar-refractivity contribution < 1.29 is 14.5 Å². The van der Waals surface area contributed by atoms with Gasteiger partial charge in [-0.25, -0.2) is 4.79 Å². The van der Waals surface area contributed by atoms with Crippen LogP contribution in [0.25, 0.3) is 0 Å². The summed E-state index contributed by atoms with van der Waals surface area (Å²) in [6.45, 7) is 3.61. The maximum atomic E-state index is 12.2. The second-order valence-corrected chi connectivity index (χ2v) is 5.59. The minimum Gasteiger partial charge on any atom is -0.497 e. The van der Waals surface area contributed by atoms with Gasteiger partial charge in [0.05, 0.1) is 18.1 Å². The molecule has 1 unspecified atom stereocenters. The molecule has 2 amide bonds. The van der Waals surface area contributed by atoms with E-state index in [2.05, 4.69) is 10.6 Å². The molecule has 0 saturated carbocycles. The zero-order valence-corrected chi connectivity index (χ0v) is 14.4. The smallest absolute Gasteiger partial charge is 0.319 e. The molecule has 0 spiro atoms. The van der Waals surface area contributed by atoms with Crippen molar-refractivity contribution in [3.8, 4) is 5.75 Å². The monoisotopic (exact) mass is 343 g/mol. The summed E-state index contributed by atoms with van der Waals surface area (Å²) in [5.74, 6) is 0.754. The molecule has 7 nitrogen and oxygen atoms in total. The lowest BCUT2D eigenvalue weighted by Gasteiger charge is -2.18. The summed E-state index contributed by atoms with van der Waals surface area (Å²) in [5.41, 5.74) is 1.99. The third kappa shape index (κ3) is 4.69. The highest BCUT2D eigenvalue weighted by atomic mass is 16.6. The first-order valence-corrected chi connectivity index (χ1v) is 7.91. The largest absolute Gasteiger partial charge is 0.497 e. The van der Waals surface area contributed by atoms with Crippen molar-refractivity contribution in [1.82, 2.24) is 5.32 Å². The number of nitro groups is 1. The van der Waals surface area contributed by atoms with Crippen molar-refractivity contribution in [1.29, 1.82) is 0 Å². The van der Waals surface area contributed by atoms with Gasteiger partial charge in [0.1, 0.15) is 5.75 Å². The maximum Gasteiger partial charge on any atom is 0.319 e. The van der Waals surface area contributed by atoms with Crippen LogP contribution in [0.4, 0.5) is 16.2 Å². The number of amides is 2. The summed E-state index contributed by atoms with van der Waals surface area (Å²) in [6, 6.07) is 11.5. The quantitative estimate of drug-likeness (QED) is 0.607. The number of benzene rings is 2. The predicted molar refractivity (Wildman–Crippen MR) is 96.0 cm³/mol. The number of carbonyl (C=O) groups is 1. The highest BCUT2D eigenvalue weighted by Gasteiger charge is 2.15. The van der Waals surface area contributed by atoms with Crippen LogP contribution in [0, 0.1) is 17.0 Å². The summed E-state index contributed by atoms with van der Waals surface area (Å²) in [7, 11) is 1.60. The summed E-state index contributed by atoms with van der Waals surface area (Å²) in [5, 5.41) is 16.4. The van der Waals surface area contributed by atoms with Gasteiger partial charge in [0, 0.05) is 17.3 Å². The number of hydrogen-bond donors (Lipinski definition) is 2. The van der Waals surface area contributed by atoms with E-state index in [4.69, 9.17) is 4.74 Å². The van der Waals surface area contributed by atoms with Crippen LogP contribution in [-0.4, -0.2) is 18.1 Å². The number of urea groups is 1. The molecule has 0 aliphatic rings. The minimum absolute atomic E-state index is 0.0237. The average molecular weight is 343 g/mol. The topological polar surface area (TPSA) is 93.5 Å². The van der Waals surface area contributed by atoms with Gasteiger partial charge in [0.2, 0.25) is 0 Å². The van der Waals surface area contributed by atoms with Crippen molar-refractivity contribution in [3.63, 3.8) is 0 Å². The number of aryl methyl sites for hydroxylation is 1. The van der Waals surface area contributed by atoms with Gasteiger partial charge in [0.25, 0.3) is 5.69 Å². The first kappa shape index (κ1) is 18.3. The van der Waals surface area contributed by atoms with Crippen molar-refractivity contribution in [2.45, 2.75) is 26.3 Å². The molecular formula is C18H21N3O4. The molecule has 2 N–H and O–H groups in total. The van der Waals surface area contributed by atoms with Gasteiger partial charge in [-0.05, 0) is 43.2 Å². The van der Waals surface area contributed by atoms with E-state index in [1.165, 1.54) is 12.1 Å². The fraction of sp³-hybridized carbons (Fsp3) is 0.278. The first-order chi connectivity index (χ1) is 11.9. The third-order valence-corrected chi connectivity index (χ3v) is 3.88. The Kier molecular flexibility index (Phi) is 5.94. The lowest BCUT2D eigenvalue weighted by molar-refractivity contribution is -0.385. The predicted octanol–water partition coefficient (Wildman–Crippen LogP) is 4.18. The van der Waals surface area contributed by atoms with E-state index in [0.29, 0.717) is 11.3 Å². The van der Waals surface area contributed by atoms with Gasteiger partial charge in [-0.15, -0.1) is 0 Å². The van der Waals surface area contributed by atoms with Crippen molar-refractivity contribution in [2.75, 3.05) is 12.4 Å². The molecule has 0 bridgehead atoms. The number of nitro benzene ring substituents is 1. The van der Waals surface area contributed by atoms with Gasteiger partial charge in [-0.2, -0.15) is 0 Å². The highest BCUT2D eigenvalue weighted by Crippen LogP contribution is 2.23. The number of rotatable bonds is 6. The summed E-state index contributed by atoms with van der Waals surface area (Å²) < 4.78 is 5.13.